The quantitative estimate of drug-likeness (QED) is 0.369. The molecule has 0 aliphatic rings. The van der Waals surface area contributed by atoms with Crippen LogP contribution >= 0.6 is 0 Å². The van der Waals surface area contributed by atoms with Gasteiger partial charge in [-0.25, -0.2) is 0 Å². The number of nitrogens with one attached hydrogen (secondary N) is 1. The zero-order valence-corrected chi connectivity index (χ0v) is 18.8. The fraction of sp³-hybridized carbons (Fsp3) is 0.440. The average molecular weight is 371 g/mol. The van der Waals surface area contributed by atoms with Crippen LogP contribution in [0.3, 0.4) is 0 Å². The summed E-state index contributed by atoms with van der Waals surface area (Å²) in [4.78, 5) is 2.38. The Kier molecular flexibility index (Phi) is 20.4. The van der Waals surface area contributed by atoms with Gasteiger partial charge in [-0.3, -0.25) is 0 Å². The molecule has 0 aliphatic heterocycles. The second kappa shape index (κ2) is 20.3. The van der Waals surface area contributed by atoms with Gasteiger partial charge < -0.3 is 10.2 Å². The van der Waals surface area contributed by atoms with E-state index >= 15 is 0 Å². The molecule has 0 bridgehead atoms. The topological polar surface area (TPSA) is 15.3 Å². The number of benzene rings is 1. The van der Waals surface area contributed by atoms with E-state index in [0.717, 1.165) is 25.9 Å². The standard InChI is InChI=1S/C20H30N2.C3H6.C2H6/c1-5-10-18(3)16-22(17-19-12-8-7-9-13-19)20(11-6-2)14-15-21-4;1-3-2;1-2/h5,7-13,16,21H,6,14-15,17H2,1-4H3;3H,1H2,2H3;1-2H3/b10-5+,18-16+,20-11+;;. The number of rotatable bonds is 9. The van der Waals surface area contributed by atoms with Crippen LogP contribution in [0.5, 0.6) is 0 Å². The molecule has 152 valence electrons. The van der Waals surface area contributed by atoms with Gasteiger partial charge in [-0.05, 0) is 51.8 Å². The Morgan fingerprint density at radius 3 is 2.22 bits per heavy atom. The maximum atomic E-state index is 3.36. The lowest BCUT2D eigenvalue weighted by Crippen LogP contribution is -2.20. The first kappa shape index (κ1) is 27.2. The van der Waals surface area contributed by atoms with Gasteiger partial charge in [-0.2, -0.15) is 0 Å². The van der Waals surface area contributed by atoms with Crippen molar-refractivity contribution in [2.45, 2.75) is 60.9 Å². The van der Waals surface area contributed by atoms with E-state index in [1.54, 1.807) is 6.08 Å². The highest BCUT2D eigenvalue weighted by atomic mass is 15.1. The fourth-order valence-corrected chi connectivity index (χ4v) is 2.41. The van der Waals surface area contributed by atoms with Gasteiger partial charge in [0.2, 0.25) is 0 Å². The van der Waals surface area contributed by atoms with Crippen molar-refractivity contribution in [3.05, 3.63) is 84.2 Å². The summed E-state index contributed by atoms with van der Waals surface area (Å²) in [6.07, 6.45) is 12.7. The maximum absolute atomic E-state index is 3.36. The van der Waals surface area contributed by atoms with Crippen molar-refractivity contribution in [2.75, 3.05) is 13.6 Å². The van der Waals surface area contributed by atoms with Crippen LogP contribution in [0.1, 0.15) is 59.9 Å². The molecule has 2 nitrogen and oxygen atoms in total. The zero-order chi connectivity index (χ0) is 20.9. The minimum atomic E-state index is 0.908. The number of nitrogens with zero attached hydrogens (tertiary/aromatic N) is 1. The van der Waals surface area contributed by atoms with Crippen LogP contribution in [0.25, 0.3) is 0 Å². The molecule has 0 radical (unpaired) electrons. The Hall–Kier alpha value is -2.06. The molecule has 0 saturated carbocycles. The molecule has 0 amide bonds. The van der Waals surface area contributed by atoms with Crippen LogP contribution in [0, 0.1) is 0 Å². The van der Waals surface area contributed by atoms with Crippen molar-refractivity contribution in [1.82, 2.24) is 10.2 Å². The summed E-state index contributed by atoms with van der Waals surface area (Å²) in [6.45, 7) is 17.6. The van der Waals surface area contributed by atoms with E-state index in [0.29, 0.717) is 0 Å². The lowest BCUT2D eigenvalue weighted by molar-refractivity contribution is 0.432. The van der Waals surface area contributed by atoms with Crippen molar-refractivity contribution < 1.29 is 0 Å². The van der Waals surface area contributed by atoms with Crippen molar-refractivity contribution in [1.29, 1.82) is 0 Å². The van der Waals surface area contributed by atoms with Gasteiger partial charge in [0.1, 0.15) is 0 Å². The van der Waals surface area contributed by atoms with Gasteiger partial charge in [0, 0.05) is 25.0 Å². The van der Waals surface area contributed by atoms with Crippen molar-refractivity contribution in [3.8, 4) is 0 Å². The molecule has 0 heterocycles. The normalized spacial score (nSPS) is 11.2. The van der Waals surface area contributed by atoms with Crippen LogP contribution in [0.15, 0.2) is 78.7 Å². The third-order valence-electron chi connectivity index (χ3n) is 3.42. The van der Waals surface area contributed by atoms with Crippen molar-refractivity contribution in [3.63, 3.8) is 0 Å². The molecule has 0 fully saturated rings. The SMILES string of the molecule is C/C=C/C(C)=C/N(Cc1ccccc1)/C(=C/CC)CCNC.C=CC.CC. The highest BCUT2D eigenvalue weighted by molar-refractivity contribution is 5.21. The van der Waals surface area contributed by atoms with Crippen molar-refractivity contribution >= 4 is 0 Å². The lowest BCUT2D eigenvalue weighted by Gasteiger charge is -2.25. The largest absolute Gasteiger partial charge is 0.347 e. The van der Waals surface area contributed by atoms with Gasteiger partial charge in [-0.1, -0.05) is 75.4 Å². The molecule has 0 unspecified atom stereocenters. The average Bonchev–Trinajstić information content (AvgIpc) is 2.68. The summed E-state index contributed by atoms with van der Waals surface area (Å²) in [5, 5.41) is 3.25. The van der Waals surface area contributed by atoms with E-state index in [-0.39, 0.29) is 0 Å². The van der Waals surface area contributed by atoms with E-state index < -0.39 is 0 Å². The Labute approximate surface area is 169 Å². The summed E-state index contributed by atoms with van der Waals surface area (Å²) < 4.78 is 0. The summed E-state index contributed by atoms with van der Waals surface area (Å²) in [5.41, 5.74) is 3.98. The summed E-state index contributed by atoms with van der Waals surface area (Å²) in [7, 11) is 2.01. The molecule has 1 rings (SSSR count). The second-order valence-corrected chi connectivity index (χ2v) is 5.85. The van der Waals surface area contributed by atoms with Crippen molar-refractivity contribution in [2.24, 2.45) is 0 Å². The first-order valence-corrected chi connectivity index (χ1v) is 10.1. The monoisotopic (exact) mass is 370 g/mol. The Bertz CT molecular complexity index is 539. The molecule has 0 aliphatic carbocycles. The minimum absolute atomic E-state index is 0.908. The molecule has 0 spiro atoms. The van der Waals surface area contributed by atoms with Gasteiger partial charge in [0.25, 0.3) is 0 Å². The van der Waals surface area contributed by atoms with Crippen LogP contribution in [0.2, 0.25) is 0 Å². The predicted octanol–water partition coefficient (Wildman–Crippen LogP) is 7.09. The van der Waals surface area contributed by atoms with E-state index in [9.17, 15) is 0 Å². The van der Waals surface area contributed by atoms with Crippen LogP contribution < -0.4 is 5.32 Å². The molecule has 0 aromatic heterocycles. The molecule has 2 heteroatoms. The zero-order valence-electron chi connectivity index (χ0n) is 18.8. The maximum Gasteiger partial charge on any atom is 0.0472 e. The number of hydrogen-bond donors (Lipinski definition) is 1. The van der Waals surface area contributed by atoms with Gasteiger partial charge in [0.15, 0.2) is 0 Å². The van der Waals surface area contributed by atoms with Crippen LogP contribution in [-0.4, -0.2) is 18.5 Å². The van der Waals surface area contributed by atoms with E-state index in [1.807, 2.05) is 27.8 Å². The first-order chi connectivity index (χ1) is 13.1. The Morgan fingerprint density at radius 2 is 1.74 bits per heavy atom. The first-order valence-electron chi connectivity index (χ1n) is 10.1. The second-order valence-electron chi connectivity index (χ2n) is 5.85. The number of hydrogen-bond acceptors (Lipinski definition) is 2. The van der Waals surface area contributed by atoms with E-state index in [4.69, 9.17) is 0 Å². The van der Waals surface area contributed by atoms with E-state index in [1.165, 1.54) is 16.8 Å². The molecule has 0 saturated heterocycles. The van der Waals surface area contributed by atoms with Gasteiger partial charge >= 0.3 is 0 Å². The Balaban J connectivity index is 0. The smallest absolute Gasteiger partial charge is 0.0472 e. The third-order valence-corrected chi connectivity index (χ3v) is 3.42. The molecule has 1 N–H and O–H groups in total. The minimum Gasteiger partial charge on any atom is -0.347 e. The molecule has 0 atom stereocenters. The highest BCUT2D eigenvalue weighted by Crippen LogP contribution is 2.17. The fourth-order valence-electron chi connectivity index (χ4n) is 2.41. The van der Waals surface area contributed by atoms with Crippen LogP contribution in [-0.2, 0) is 6.54 Å². The molecular formula is C25H42N2. The molecule has 1 aromatic carbocycles. The van der Waals surface area contributed by atoms with Gasteiger partial charge in [-0.15, -0.1) is 6.58 Å². The highest BCUT2D eigenvalue weighted by Gasteiger charge is 2.08. The van der Waals surface area contributed by atoms with E-state index in [2.05, 4.69) is 92.3 Å². The summed E-state index contributed by atoms with van der Waals surface area (Å²) in [6, 6.07) is 10.7. The van der Waals surface area contributed by atoms with Gasteiger partial charge in [0.05, 0.1) is 0 Å². The molecular weight excluding hydrogens is 328 g/mol. The third kappa shape index (κ3) is 14.8. The molecule has 1 aromatic rings. The Morgan fingerprint density at radius 1 is 1.15 bits per heavy atom. The molecule has 27 heavy (non-hydrogen) atoms. The lowest BCUT2D eigenvalue weighted by atomic mass is 10.1. The van der Waals surface area contributed by atoms with Crippen LogP contribution in [0.4, 0.5) is 0 Å². The predicted molar refractivity (Wildman–Crippen MR) is 125 cm³/mol. The summed E-state index contributed by atoms with van der Waals surface area (Å²) in [5.74, 6) is 0. The summed E-state index contributed by atoms with van der Waals surface area (Å²) >= 11 is 0. The number of allylic oxidation sites excluding steroid dienone is 5.